The number of nitrogens with zero attached hydrogens (tertiary/aromatic N) is 1. The van der Waals surface area contributed by atoms with E-state index < -0.39 is 20.0 Å². The minimum Gasteiger partial charge on any atom is -0.444 e. The van der Waals surface area contributed by atoms with E-state index in [2.05, 4.69) is 90.5 Å². The maximum Gasteiger partial charge on any atom is 0.412 e. The third-order valence-corrected chi connectivity index (χ3v) is 13.1. The van der Waals surface area contributed by atoms with Crippen molar-refractivity contribution in [2.24, 2.45) is 0 Å². The fraction of sp³-hybridized carbons (Fsp3) is 0.310. The fourth-order valence-corrected chi connectivity index (χ4v) is 10.8. The first-order valence-electron chi connectivity index (χ1n) is 12.2. The number of halogens is 1. The van der Waals surface area contributed by atoms with Crippen LogP contribution in [0.1, 0.15) is 47.2 Å². The molecule has 0 unspecified atom stereocenters. The number of nitrogens with one attached hydrogen (secondary N) is 1. The highest BCUT2D eigenvalue weighted by molar-refractivity contribution is 9.10. The molecule has 1 N–H and O–H groups in total. The van der Waals surface area contributed by atoms with Gasteiger partial charge in [0.25, 0.3) is 8.32 Å². The third kappa shape index (κ3) is 5.98. The molecule has 37 heavy (non-hydrogen) atoms. The van der Waals surface area contributed by atoms with Gasteiger partial charge in [-0.25, -0.2) is 9.78 Å². The van der Waals surface area contributed by atoms with E-state index in [1.807, 2.05) is 45.0 Å². The molecule has 0 aliphatic rings. The van der Waals surface area contributed by atoms with Gasteiger partial charge in [0, 0.05) is 5.39 Å². The van der Waals surface area contributed by atoms with Gasteiger partial charge in [-0.1, -0.05) is 92.8 Å². The van der Waals surface area contributed by atoms with Gasteiger partial charge in [0.15, 0.2) is 0 Å². The molecule has 0 fully saturated rings. The van der Waals surface area contributed by atoms with Crippen LogP contribution in [0.25, 0.3) is 10.2 Å². The number of hydrogen-bond donors (Lipinski definition) is 1. The highest BCUT2D eigenvalue weighted by Crippen LogP contribution is 2.40. The molecule has 0 bridgehead atoms. The number of fused-ring (bicyclic) bond motifs is 1. The van der Waals surface area contributed by atoms with Crippen LogP contribution >= 0.6 is 27.3 Å². The highest BCUT2D eigenvalue weighted by atomic mass is 79.9. The Balaban J connectivity index is 1.67. The standard InChI is InChI=1S/C29H33BrN2O3SSi/c1-28(2,3)35-27(33)32-26-24(30)23-18-17-20(31-25(23)36-26)19-34-37(29(4,5)6,21-13-9-7-10-14-21)22-15-11-8-12-16-22/h7-18H,19H2,1-6H3,(H,32,33). The van der Waals surface area contributed by atoms with Crippen LogP contribution in [0.2, 0.25) is 5.04 Å². The van der Waals surface area contributed by atoms with E-state index >= 15 is 0 Å². The molecule has 2 aromatic heterocycles. The summed E-state index contributed by atoms with van der Waals surface area (Å²) in [4.78, 5) is 18.0. The summed E-state index contributed by atoms with van der Waals surface area (Å²) in [5.74, 6) is 0. The lowest BCUT2D eigenvalue weighted by Gasteiger charge is -2.43. The maximum atomic E-state index is 12.3. The molecule has 0 atom stereocenters. The molecular weight excluding hydrogens is 564 g/mol. The van der Waals surface area contributed by atoms with Crippen LogP contribution in [0.3, 0.4) is 0 Å². The monoisotopic (exact) mass is 596 g/mol. The Morgan fingerprint density at radius 3 is 2.00 bits per heavy atom. The van der Waals surface area contributed by atoms with E-state index in [4.69, 9.17) is 14.1 Å². The molecule has 0 saturated heterocycles. The number of aromatic nitrogens is 1. The number of rotatable bonds is 6. The van der Waals surface area contributed by atoms with Crippen molar-refractivity contribution >= 4 is 67.3 Å². The van der Waals surface area contributed by atoms with Crippen molar-refractivity contribution in [3.05, 3.63) is 83.0 Å². The Bertz CT molecular complexity index is 1340. The minimum atomic E-state index is -2.67. The summed E-state index contributed by atoms with van der Waals surface area (Å²) in [7, 11) is -2.67. The zero-order valence-corrected chi connectivity index (χ0v) is 25.5. The van der Waals surface area contributed by atoms with Crippen molar-refractivity contribution in [1.29, 1.82) is 0 Å². The topological polar surface area (TPSA) is 60.5 Å². The molecular formula is C29H33BrN2O3SSi. The van der Waals surface area contributed by atoms with Gasteiger partial charge in [-0.15, -0.1) is 0 Å². The second-order valence-corrected chi connectivity index (χ2v) is 17.1. The SMILES string of the molecule is CC(C)(C)OC(=O)Nc1sc2nc(CO[Si](c3ccccc3)(c3ccccc3)C(C)(C)C)ccc2c1Br. The van der Waals surface area contributed by atoms with Gasteiger partial charge in [-0.3, -0.25) is 5.32 Å². The molecule has 5 nitrogen and oxygen atoms in total. The molecule has 0 radical (unpaired) electrons. The lowest BCUT2D eigenvalue weighted by Crippen LogP contribution is -2.66. The van der Waals surface area contributed by atoms with Gasteiger partial charge in [-0.05, 0) is 64.2 Å². The predicted octanol–water partition coefficient (Wildman–Crippen LogP) is 7.48. The summed E-state index contributed by atoms with van der Waals surface area (Å²) < 4.78 is 13.2. The first-order valence-corrected chi connectivity index (χ1v) is 15.8. The van der Waals surface area contributed by atoms with Crippen LogP contribution in [-0.2, 0) is 15.8 Å². The summed E-state index contributed by atoms with van der Waals surface area (Å²) in [6.45, 7) is 12.7. The normalized spacial score (nSPS) is 12.5. The van der Waals surface area contributed by atoms with Crippen LogP contribution in [-0.4, -0.2) is 25.0 Å². The van der Waals surface area contributed by atoms with Gasteiger partial charge >= 0.3 is 6.09 Å². The summed E-state index contributed by atoms with van der Waals surface area (Å²) in [5, 5.41) is 6.80. The Kier molecular flexibility index (Phi) is 7.95. The minimum absolute atomic E-state index is 0.115. The van der Waals surface area contributed by atoms with Gasteiger partial charge < -0.3 is 9.16 Å². The molecule has 0 saturated carbocycles. The van der Waals surface area contributed by atoms with Gasteiger partial charge in [0.05, 0.1) is 16.8 Å². The van der Waals surface area contributed by atoms with Crippen LogP contribution in [0, 0.1) is 0 Å². The average molecular weight is 598 g/mol. The molecule has 2 aromatic carbocycles. The number of anilines is 1. The molecule has 194 valence electrons. The number of ether oxygens (including phenoxy) is 1. The Labute approximate surface area is 232 Å². The van der Waals surface area contributed by atoms with Gasteiger partial charge in [0.1, 0.15) is 15.4 Å². The van der Waals surface area contributed by atoms with Crippen molar-refractivity contribution < 1.29 is 14.0 Å². The second kappa shape index (κ2) is 10.7. The number of carbonyl (C=O) groups excluding carboxylic acids is 1. The number of thiophene rings is 1. The summed E-state index contributed by atoms with van der Waals surface area (Å²) in [6.07, 6.45) is -0.491. The lowest BCUT2D eigenvalue weighted by atomic mass is 10.2. The molecule has 8 heteroatoms. The number of carbonyl (C=O) groups is 1. The third-order valence-electron chi connectivity index (χ3n) is 6.02. The molecule has 1 amide bonds. The van der Waals surface area contributed by atoms with Crippen LogP contribution in [0.15, 0.2) is 77.3 Å². The van der Waals surface area contributed by atoms with E-state index in [1.165, 1.54) is 21.7 Å². The van der Waals surface area contributed by atoms with Crippen molar-refractivity contribution in [3.63, 3.8) is 0 Å². The van der Waals surface area contributed by atoms with Gasteiger partial charge in [-0.2, -0.15) is 0 Å². The first-order chi connectivity index (χ1) is 17.4. The second-order valence-electron chi connectivity index (χ2n) is 11.0. The zero-order chi connectivity index (χ0) is 26.8. The maximum absolute atomic E-state index is 12.3. The highest BCUT2D eigenvalue weighted by Gasteiger charge is 2.50. The predicted molar refractivity (Wildman–Crippen MR) is 160 cm³/mol. The van der Waals surface area contributed by atoms with E-state index in [-0.39, 0.29) is 5.04 Å². The lowest BCUT2D eigenvalue weighted by molar-refractivity contribution is 0.0636. The molecule has 0 aliphatic heterocycles. The zero-order valence-electron chi connectivity index (χ0n) is 22.1. The molecule has 0 spiro atoms. The van der Waals surface area contributed by atoms with E-state index in [9.17, 15) is 4.79 Å². The largest absolute Gasteiger partial charge is 0.444 e. The van der Waals surface area contributed by atoms with Gasteiger partial charge in [0.2, 0.25) is 0 Å². The van der Waals surface area contributed by atoms with Crippen molar-refractivity contribution in [2.45, 2.75) is 58.8 Å². The molecule has 2 heterocycles. The average Bonchev–Trinajstić information content (AvgIpc) is 3.13. The Morgan fingerprint density at radius 1 is 0.919 bits per heavy atom. The first kappa shape index (κ1) is 27.5. The van der Waals surface area contributed by atoms with E-state index in [0.29, 0.717) is 11.6 Å². The van der Waals surface area contributed by atoms with Crippen molar-refractivity contribution in [1.82, 2.24) is 4.98 Å². The summed E-state index contributed by atoms with van der Waals surface area (Å²) in [5.41, 5.74) is 0.273. The summed E-state index contributed by atoms with van der Waals surface area (Å²) in [6, 6.07) is 25.2. The fourth-order valence-electron chi connectivity index (χ4n) is 4.49. The summed E-state index contributed by atoms with van der Waals surface area (Å²) >= 11 is 5.03. The number of amides is 1. The number of benzene rings is 2. The number of hydrogen-bond acceptors (Lipinski definition) is 5. The smallest absolute Gasteiger partial charge is 0.412 e. The van der Waals surface area contributed by atoms with Crippen molar-refractivity contribution in [2.75, 3.05) is 5.32 Å². The van der Waals surface area contributed by atoms with E-state index in [0.717, 1.165) is 20.4 Å². The Morgan fingerprint density at radius 2 is 1.49 bits per heavy atom. The van der Waals surface area contributed by atoms with Crippen LogP contribution < -0.4 is 15.7 Å². The van der Waals surface area contributed by atoms with Crippen LogP contribution in [0.4, 0.5) is 9.80 Å². The quantitative estimate of drug-likeness (QED) is 0.234. The molecule has 4 aromatic rings. The van der Waals surface area contributed by atoms with Crippen molar-refractivity contribution in [3.8, 4) is 0 Å². The molecule has 4 rings (SSSR count). The molecule has 0 aliphatic carbocycles. The number of pyridine rings is 1. The van der Waals surface area contributed by atoms with E-state index in [1.54, 1.807) is 0 Å². The Hall–Kier alpha value is -2.52. The van der Waals surface area contributed by atoms with Crippen LogP contribution in [0.5, 0.6) is 0 Å².